The first-order valence-corrected chi connectivity index (χ1v) is 14.5. The average Bonchev–Trinajstić information content (AvgIpc) is 2.91. The van der Waals surface area contributed by atoms with E-state index in [-0.39, 0.29) is 21.0 Å². The minimum atomic E-state index is -3.91. The van der Waals surface area contributed by atoms with Gasteiger partial charge in [-0.25, -0.2) is 16.8 Å². The van der Waals surface area contributed by atoms with Crippen molar-refractivity contribution < 1.29 is 26.4 Å². The van der Waals surface area contributed by atoms with Crippen molar-refractivity contribution in [3.05, 3.63) is 109 Å². The van der Waals surface area contributed by atoms with Crippen molar-refractivity contribution in [2.45, 2.75) is 16.7 Å². The summed E-state index contributed by atoms with van der Waals surface area (Å²) in [5, 5.41) is 2.67. The predicted molar refractivity (Wildman–Crippen MR) is 147 cm³/mol. The quantitative estimate of drug-likeness (QED) is 0.256. The van der Waals surface area contributed by atoms with Gasteiger partial charge in [-0.05, 0) is 79.7 Å². The van der Waals surface area contributed by atoms with Crippen molar-refractivity contribution in [3.8, 4) is 5.75 Å². The highest BCUT2D eigenvalue weighted by molar-refractivity contribution is 7.93. The lowest BCUT2D eigenvalue weighted by molar-refractivity contribution is 0.102. The molecular weight excluding hydrogens is 526 g/mol. The third-order valence-electron chi connectivity index (χ3n) is 5.31. The Labute approximate surface area is 221 Å². The van der Waals surface area contributed by atoms with Gasteiger partial charge in [0.25, 0.3) is 26.0 Å². The Hall–Kier alpha value is -4.35. The van der Waals surface area contributed by atoms with Gasteiger partial charge in [0.15, 0.2) is 0 Å². The van der Waals surface area contributed by atoms with Crippen molar-refractivity contribution in [2.24, 2.45) is 0 Å². The SMILES string of the molecule is CCOc1ccc(NS(=O)(=O)c2ccc(NC(=O)c3ccccc3NS(=O)(=O)c3ccccc3)cc2)cc1. The molecule has 0 saturated carbocycles. The van der Waals surface area contributed by atoms with E-state index in [4.69, 9.17) is 4.74 Å². The number of benzene rings is 4. The molecule has 4 aromatic rings. The monoisotopic (exact) mass is 551 g/mol. The van der Waals surface area contributed by atoms with Crippen molar-refractivity contribution >= 4 is 43.0 Å². The zero-order chi connectivity index (χ0) is 27.2. The molecule has 9 nitrogen and oxygen atoms in total. The summed E-state index contributed by atoms with van der Waals surface area (Å²) in [5.74, 6) is 0.0597. The van der Waals surface area contributed by atoms with Crippen molar-refractivity contribution in [3.63, 3.8) is 0 Å². The molecule has 0 fully saturated rings. The second-order valence-electron chi connectivity index (χ2n) is 8.01. The second-order valence-corrected chi connectivity index (χ2v) is 11.4. The van der Waals surface area contributed by atoms with Gasteiger partial charge in [-0.1, -0.05) is 30.3 Å². The van der Waals surface area contributed by atoms with Crippen molar-refractivity contribution in [1.29, 1.82) is 0 Å². The molecule has 38 heavy (non-hydrogen) atoms. The Morgan fingerprint density at radius 1 is 0.658 bits per heavy atom. The number of anilines is 3. The molecule has 0 radical (unpaired) electrons. The van der Waals surface area contributed by atoms with Gasteiger partial charge < -0.3 is 10.1 Å². The molecule has 4 aromatic carbocycles. The number of hydrogen-bond acceptors (Lipinski definition) is 6. The summed E-state index contributed by atoms with van der Waals surface area (Å²) in [7, 11) is -7.78. The Balaban J connectivity index is 1.46. The Morgan fingerprint density at radius 2 is 1.21 bits per heavy atom. The van der Waals surface area contributed by atoms with E-state index in [1.807, 2.05) is 6.92 Å². The summed E-state index contributed by atoms with van der Waals surface area (Å²) in [6.07, 6.45) is 0. The number of carbonyl (C=O) groups is 1. The normalized spacial score (nSPS) is 11.4. The van der Waals surface area contributed by atoms with Gasteiger partial charge in [-0.2, -0.15) is 0 Å². The van der Waals surface area contributed by atoms with Crippen molar-refractivity contribution in [2.75, 3.05) is 21.4 Å². The maximum atomic E-state index is 13.0. The number of ether oxygens (including phenoxy) is 1. The Kier molecular flexibility index (Phi) is 7.99. The molecule has 3 N–H and O–H groups in total. The molecule has 0 spiro atoms. The summed E-state index contributed by atoms with van der Waals surface area (Å²) in [4.78, 5) is 13.0. The van der Waals surface area contributed by atoms with Gasteiger partial charge in [-0.3, -0.25) is 14.2 Å². The number of sulfonamides is 2. The van der Waals surface area contributed by atoms with Crippen LogP contribution in [0.4, 0.5) is 17.1 Å². The molecule has 1 amide bonds. The molecule has 0 aliphatic rings. The molecule has 0 unspecified atom stereocenters. The largest absolute Gasteiger partial charge is 0.494 e. The van der Waals surface area contributed by atoms with Crippen LogP contribution in [0.2, 0.25) is 0 Å². The van der Waals surface area contributed by atoms with E-state index >= 15 is 0 Å². The highest BCUT2D eigenvalue weighted by atomic mass is 32.2. The van der Waals surface area contributed by atoms with Gasteiger partial charge in [0.1, 0.15) is 5.75 Å². The molecule has 0 heterocycles. The highest BCUT2D eigenvalue weighted by Gasteiger charge is 2.19. The Morgan fingerprint density at radius 3 is 1.87 bits per heavy atom. The Bertz CT molecular complexity index is 1620. The molecule has 0 atom stereocenters. The lowest BCUT2D eigenvalue weighted by Gasteiger charge is -2.13. The van der Waals surface area contributed by atoms with E-state index in [1.165, 1.54) is 48.5 Å². The fourth-order valence-electron chi connectivity index (χ4n) is 3.49. The van der Waals surface area contributed by atoms with E-state index in [0.717, 1.165) is 0 Å². The van der Waals surface area contributed by atoms with Gasteiger partial charge in [0.2, 0.25) is 0 Å². The van der Waals surface area contributed by atoms with Crippen LogP contribution in [0.15, 0.2) is 113 Å². The third kappa shape index (κ3) is 6.50. The van der Waals surface area contributed by atoms with Crippen LogP contribution in [-0.2, 0) is 20.0 Å². The zero-order valence-corrected chi connectivity index (χ0v) is 21.9. The van der Waals surface area contributed by atoms with Gasteiger partial charge in [0, 0.05) is 11.4 Å². The maximum Gasteiger partial charge on any atom is 0.261 e. The van der Waals surface area contributed by atoms with Gasteiger partial charge in [0.05, 0.1) is 27.6 Å². The molecule has 0 bridgehead atoms. The van der Waals surface area contributed by atoms with Gasteiger partial charge >= 0.3 is 0 Å². The topological polar surface area (TPSA) is 131 Å². The zero-order valence-electron chi connectivity index (χ0n) is 20.3. The van der Waals surface area contributed by atoms with Crippen LogP contribution in [0.25, 0.3) is 0 Å². The first-order chi connectivity index (χ1) is 18.2. The number of amides is 1. The van der Waals surface area contributed by atoms with Crippen LogP contribution in [0.1, 0.15) is 17.3 Å². The lowest BCUT2D eigenvalue weighted by atomic mass is 10.1. The molecule has 0 aliphatic carbocycles. The second kappa shape index (κ2) is 11.4. The molecule has 4 rings (SSSR count). The van der Waals surface area contributed by atoms with E-state index < -0.39 is 26.0 Å². The minimum Gasteiger partial charge on any atom is -0.494 e. The van der Waals surface area contributed by atoms with E-state index in [9.17, 15) is 21.6 Å². The third-order valence-corrected chi connectivity index (χ3v) is 8.09. The predicted octanol–water partition coefficient (Wildman–Crippen LogP) is 4.94. The molecule has 0 aliphatic heterocycles. The maximum absolute atomic E-state index is 13.0. The fraction of sp³-hybridized carbons (Fsp3) is 0.0741. The number of carbonyl (C=O) groups excluding carboxylic acids is 1. The molecule has 0 saturated heterocycles. The number of nitrogens with one attached hydrogen (secondary N) is 3. The number of rotatable bonds is 10. The van der Waals surface area contributed by atoms with Gasteiger partial charge in [-0.15, -0.1) is 0 Å². The summed E-state index contributed by atoms with van der Waals surface area (Å²) >= 11 is 0. The summed E-state index contributed by atoms with van der Waals surface area (Å²) < 4.78 is 61.3. The van der Waals surface area contributed by atoms with Crippen LogP contribution in [0, 0.1) is 0 Å². The van der Waals surface area contributed by atoms with Crippen LogP contribution < -0.4 is 19.5 Å². The minimum absolute atomic E-state index is 0.000375. The molecule has 11 heteroatoms. The van der Waals surface area contributed by atoms with Crippen LogP contribution in [-0.4, -0.2) is 29.3 Å². The molecule has 0 aromatic heterocycles. The van der Waals surface area contributed by atoms with E-state index in [0.29, 0.717) is 23.7 Å². The fourth-order valence-corrected chi connectivity index (χ4v) is 5.65. The molecular formula is C27H25N3O6S2. The van der Waals surface area contributed by atoms with Crippen LogP contribution in [0.3, 0.4) is 0 Å². The van der Waals surface area contributed by atoms with Crippen molar-refractivity contribution in [1.82, 2.24) is 0 Å². The number of para-hydroxylation sites is 1. The summed E-state index contributed by atoms with van der Waals surface area (Å²) in [5.41, 5.74) is 0.907. The summed E-state index contributed by atoms with van der Waals surface area (Å²) in [6, 6.07) is 26.1. The summed E-state index contributed by atoms with van der Waals surface area (Å²) in [6.45, 7) is 2.36. The number of hydrogen-bond donors (Lipinski definition) is 3. The average molecular weight is 552 g/mol. The van der Waals surface area contributed by atoms with E-state index in [1.54, 1.807) is 54.6 Å². The smallest absolute Gasteiger partial charge is 0.261 e. The lowest BCUT2D eigenvalue weighted by Crippen LogP contribution is -2.18. The molecule has 196 valence electrons. The first kappa shape index (κ1) is 26.7. The standard InChI is InChI=1S/C27H25N3O6S2/c1-2-36-22-16-12-21(13-17-22)29-37(32,33)24-18-14-20(15-19-24)28-27(31)25-10-6-7-11-26(25)30-38(34,35)23-8-4-3-5-9-23/h3-19,29-30H,2H2,1H3,(H,28,31). The highest BCUT2D eigenvalue weighted by Crippen LogP contribution is 2.23. The first-order valence-electron chi connectivity index (χ1n) is 11.5. The van der Waals surface area contributed by atoms with Crippen LogP contribution >= 0.6 is 0 Å². The van der Waals surface area contributed by atoms with E-state index in [2.05, 4.69) is 14.8 Å². The van der Waals surface area contributed by atoms with Crippen LogP contribution in [0.5, 0.6) is 5.75 Å².